The van der Waals surface area contributed by atoms with Crippen molar-refractivity contribution in [3.05, 3.63) is 255 Å². The molecule has 0 fully saturated rings. The molecule has 2 aromatic heterocycles. The molecule has 0 atom stereocenters. The van der Waals surface area contributed by atoms with Crippen LogP contribution in [-0.4, -0.2) is 6.71 Å². The van der Waals surface area contributed by atoms with Crippen LogP contribution in [0.25, 0.3) is 65.4 Å². The zero-order valence-corrected chi connectivity index (χ0v) is 40.4. The second kappa shape index (κ2) is 16.3. The molecule has 75 heavy (non-hydrogen) atoms. The quantitative estimate of drug-likeness (QED) is 0.148. The van der Waals surface area contributed by atoms with Gasteiger partial charge in [0.2, 0.25) is 0 Å². The first kappa shape index (κ1) is 41.6. The molecule has 0 unspecified atom stereocenters. The molecule has 0 aliphatic carbocycles. The lowest BCUT2D eigenvalue weighted by atomic mass is 9.34. The van der Waals surface area contributed by atoms with E-state index < -0.39 is 0 Å². The molecule has 12 aromatic carbocycles. The maximum absolute atomic E-state index is 7.04. The first-order valence-electron chi connectivity index (χ1n) is 25.5. The minimum Gasteiger partial charge on any atom is -0.458 e. The molecule has 0 bridgehead atoms. The van der Waals surface area contributed by atoms with Gasteiger partial charge in [0.1, 0.15) is 33.8 Å². The smallest absolute Gasteiger partial charge is 0.256 e. The average molecular weight is 960 g/mol. The van der Waals surface area contributed by atoms with Crippen molar-refractivity contribution < 1.29 is 13.6 Å². The third-order valence-electron chi connectivity index (χ3n) is 15.4. The van der Waals surface area contributed by atoms with E-state index in [0.717, 1.165) is 123 Å². The van der Waals surface area contributed by atoms with Crippen LogP contribution in [0.5, 0.6) is 11.5 Å². The SMILES string of the molecule is c1ccc(N(c2ccc3ccccc3c2)c2ccc3c(c2)oc2cc4c(cc23)Oc2cccc3c2B4c2cc4oc5cc(N(c6ccccc6)c6ccc7ccccc7c6)ccc5c4cc2N3c2ccccc2)cc1. The molecule has 14 aromatic rings. The van der Waals surface area contributed by atoms with Crippen LogP contribution in [0.2, 0.25) is 0 Å². The standard InChI is InChI=1S/C68H42BN3O3/c1-4-19-47(20-5-1)70(50-29-27-43-15-10-12-17-45(43)35-50)52-31-33-54-56-39-61-58(41-65(56)74-63(54)37-52)69-59-42-66-57(40-67(59)73-62-26-14-25-60(68(62)69)72(61)49-23-8-3-9-24-49)55-34-32-53(38-64(55)75-66)71(48-21-6-2-7-22-48)51-30-28-44-16-11-13-18-46(44)36-51/h1-42H. The van der Waals surface area contributed by atoms with E-state index in [1.165, 1.54) is 21.5 Å². The fraction of sp³-hybridized carbons (Fsp3) is 0. The van der Waals surface area contributed by atoms with Crippen molar-refractivity contribution >= 4 is 140 Å². The summed E-state index contributed by atoms with van der Waals surface area (Å²) in [4.78, 5) is 6.99. The minimum atomic E-state index is -0.181. The average Bonchev–Trinajstić information content (AvgIpc) is 4.01. The largest absolute Gasteiger partial charge is 0.458 e. The van der Waals surface area contributed by atoms with Crippen LogP contribution < -0.4 is 35.8 Å². The Balaban J connectivity index is 0.859. The van der Waals surface area contributed by atoms with Crippen molar-refractivity contribution in [2.45, 2.75) is 0 Å². The number of fused-ring (bicyclic) bond motifs is 12. The molecule has 4 heterocycles. The molecule has 16 rings (SSSR count). The Labute approximate surface area is 432 Å². The van der Waals surface area contributed by atoms with E-state index in [1.807, 2.05) is 0 Å². The summed E-state index contributed by atoms with van der Waals surface area (Å²) >= 11 is 0. The lowest BCUT2D eigenvalue weighted by molar-refractivity contribution is 0.488. The molecule has 0 saturated heterocycles. The van der Waals surface area contributed by atoms with Crippen LogP contribution in [0.4, 0.5) is 51.2 Å². The second-order valence-corrected chi connectivity index (χ2v) is 19.7. The summed E-state index contributed by atoms with van der Waals surface area (Å²) in [5.74, 6) is 1.65. The maximum atomic E-state index is 7.04. The van der Waals surface area contributed by atoms with Gasteiger partial charge in [0.05, 0.1) is 0 Å². The Kier molecular flexibility index (Phi) is 9.03. The molecule has 2 aliphatic rings. The highest BCUT2D eigenvalue weighted by Gasteiger charge is 2.43. The van der Waals surface area contributed by atoms with Crippen molar-refractivity contribution in [3.63, 3.8) is 0 Å². The molecule has 2 aliphatic heterocycles. The highest BCUT2D eigenvalue weighted by Crippen LogP contribution is 2.46. The van der Waals surface area contributed by atoms with Gasteiger partial charge < -0.3 is 28.3 Å². The van der Waals surface area contributed by atoms with E-state index in [-0.39, 0.29) is 6.71 Å². The predicted molar refractivity (Wildman–Crippen MR) is 311 cm³/mol. The second-order valence-electron chi connectivity index (χ2n) is 19.7. The fourth-order valence-corrected chi connectivity index (χ4v) is 12.0. The predicted octanol–water partition coefficient (Wildman–Crippen LogP) is 17.1. The van der Waals surface area contributed by atoms with E-state index in [4.69, 9.17) is 13.6 Å². The summed E-state index contributed by atoms with van der Waals surface area (Å²) in [7, 11) is 0. The van der Waals surface area contributed by atoms with Gasteiger partial charge in [-0.25, -0.2) is 0 Å². The van der Waals surface area contributed by atoms with Gasteiger partial charge in [0.15, 0.2) is 0 Å². The Morgan fingerprint density at radius 1 is 0.307 bits per heavy atom. The van der Waals surface area contributed by atoms with Crippen LogP contribution in [0.3, 0.4) is 0 Å². The third-order valence-corrected chi connectivity index (χ3v) is 15.4. The Bertz CT molecular complexity index is 4610. The van der Waals surface area contributed by atoms with Crippen molar-refractivity contribution in [3.8, 4) is 11.5 Å². The number of ether oxygens (including phenoxy) is 1. The molecule has 7 heteroatoms. The van der Waals surface area contributed by atoms with E-state index in [2.05, 4.69) is 269 Å². The molecule has 6 nitrogen and oxygen atoms in total. The van der Waals surface area contributed by atoms with Gasteiger partial charge in [-0.05, 0) is 159 Å². The van der Waals surface area contributed by atoms with E-state index >= 15 is 0 Å². The molecule has 350 valence electrons. The zero-order chi connectivity index (χ0) is 49.1. The summed E-state index contributed by atoms with van der Waals surface area (Å²) in [6, 6.07) is 90.7. The van der Waals surface area contributed by atoms with Gasteiger partial charge in [-0.1, -0.05) is 121 Å². The highest BCUT2D eigenvalue weighted by atomic mass is 16.5. The van der Waals surface area contributed by atoms with Crippen LogP contribution in [0.1, 0.15) is 0 Å². The first-order chi connectivity index (χ1) is 37.1. The van der Waals surface area contributed by atoms with Gasteiger partial charge >= 0.3 is 0 Å². The lowest BCUT2D eigenvalue weighted by Crippen LogP contribution is -2.59. The van der Waals surface area contributed by atoms with E-state index in [1.54, 1.807) is 0 Å². The summed E-state index contributed by atoms with van der Waals surface area (Å²) < 4.78 is 21.0. The lowest BCUT2D eigenvalue weighted by Gasteiger charge is -2.39. The van der Waals surface area contributed by atoms with Gasteiger partial charge in [0, 0.05) is 84.9 Å². The molecular weight excluding hydrogens is 918 g/mol. The van der Waals surface area contributed by atoms with Crippen LogP contribution in [-0.2, 0) is 0 Å². The highest BCUT2D eigenvalue weighted by molar-refractivity contribution is 6.99. The van der Waals surface area contributed by atoms with Crippen LogP contribution in [0.15, 0.2) is 264 Å². The normalized spacial score (nSPS) is 12.6. The van der Waals surface area contributed by atoms with Crippen molar-refractivity contribution in [1.82, 2.24) is 0 Å². The van der Waals surface area contributed by atoms with Gasteiger partial charge in [-0.15, -0.1) is 0 Å². The number of anilines is 9. The third kappa shape index (κ3) is 6.54. The number of hydrogen-bond donors (Lipinski definition) is 0. The van der Waals surface area contributed by atoms with Gasteiger partial charge in [-0.2, -0.15) is 0 Å². The van der Waals surface area contributed by atoms with E-state index in [9.17, 15) is 0 Å². The number of rotatable bonds is 7. The number of hydrogen-bond acceptors (Lipinski definition) is 6. The topological polar surface area (TPSA) is 45.2 Å². The molecule has 0 amide bonds. The molecular formula is C68H42BN3O3. The summed E-state index contributed by atoms with van der Waals surface area (Å²) in [5, 5.41) is 8.92. The van der Waals surface area contributed by atoms with Crippen LogP contribution >= 0.6 is 0 Å². The zero-order valence-electron chi connectivity index (χ0n) is 40.4. The van der Waals surface area contributed by atoms with Crippen molar-refractivity contribution in [2.24, 2.45) is 0 Å². The Morgan fingerprint density at radius 2 is 0.787 bits per heavy atom. The summed E-state index contributed by atoms with van der Waals surface area (Å²) in [6.45, 7) is -0.181. The molecule has 0 N–H and O–H groups in total. The summed E-state index contributed by atoms with van der Waals surface area (Å²) in [5.41, 5.74) is 16.1. The fourth-order valence-electron chi connectivity index (χ4n) is 12.0. The Hall–Kier alpha value is -9.98. The summed E-state index contributed by atoms with van der Waals surface area (Å²) in [6.07, 6.45) is 0. The minimum absolute atomic E-state index is 0.181. The maximum Gasteiger partial charge on any atom is 0.256 e. The number of nitrogens with zero attached hydrogens (tertiary/aromatic N) is 3. The van der Waals surface area contributed by atoms with Crippen LogP contribution in [0, 0.1) is 0 Å². The van der Waals surface area contributed by atoms with Gasteiger partial charge in [0.25, 0.3) is 6.71 Å². The number of furan rings is 2. The number of para-hydroxylation sites is 3. The molecule has 0 spiro atoms. The monoisotopic (exact) mass is 959 g/mol. The molecule has 0 saturated carbocycles. The first-order valence-corrected chi connectivity index (χ1v) is 25.5. The van der Waals surface area contributed by atoms with Crippen molar-refractivity contribution in [1.29, 1.82) is 0 Å². The Morgan fingerprint density at radius 3 is 1.37 bits per heavy atom. The van der Waals surface area contributed by atoms with E-state index in [0.29, 0.717) is 0 Å². The number of benzene rings is 12. The van der Waals surface area contributed by atoms with Crippen molar-refractivity contribution in [2.75, 3.05) is 14.7 Å². The van der Waals surface area contributed by atoms with Gasteiger partial charge in [-0.3, -0.25) is 0 Å². The molecule has 0 radical (unpaired) electrons.